The van der Waals surface area contributed by atoms with E-state index in [2.05, 4.69) is 20.3 Å². The number of nitrogen functional groups attached to an aromatic ring is 1. The van der Waals surface area contributed by atoms with Crippen molar-refractivity contribution in [3.63, 3.8) is 0 Å². The predicted octanol–water partition coefficient (Wildman–Crippen LogP) is 2.34. The smallest absolute Gasteiger partial charge is 0.223 e. The number of hydrogen-bond acceptors (Lipinski definition) is 6. The largest absolute Gasteiger partial charge is 0.496 e. The summed E-state index contributed by atoms with van der Waals surface area (Å²) < 4.78 is 5.37. The first-order valence-corrected chi connectivity index (χ1v) is 6.42. The molecule has 0 unspecified atom stereocenters. The average Bonchev–Trinajstić information content (AvgIpc) is 2.37. The van der Waals surface area contributed by atoms with Crippen LogP contribution >= 0.6 is 11.6 Å². The van der Waals surface area contributed by atoms with Crippen LogP contribution in [0.4, 0.5) is 11.8 Å². The van der Waals surface area contributed by atoms with Crippen molar-refractivity contribution in [2.45, 2.75) is 20.4 Å². The van der Waals surface area contributed by atoms with Crippen molar-refractivity contribution in [3.8, 4) is 5.75 Å². The average molecular weight is 294 g/mol. The second-order valence-electron chi connectivity index (χ2n) is 4.33. The highest BCUT2D eigenvalue weighted by Crippen LogP contribution is 2.24. The number of nitrogens with zero attached hydrogens (tertiary/aromatic N) is 3. The van der Waals surface area contributed by atoms with Gasteiger partial charge in [-0.3, -0.25) is 4.98 Å². The first-order valence-electron chi connectivity index (χ1n) is 6.04. The van der Waals surface area contributed by atoms with E-state index < -0.39 is 0 Å². The molecular formula is C13H16ClN5O. The summed E-state index contributed by atoms with van der Waals surface area (Å²) >= 11 is 5.82. The zero-order valence-electron chi connectivity index (χ0n) is 11.6. The van der Waals surface area contributed by atoms with E-state index in [4.69, 9.17) is 22.1 Å². The Morgan fingerprint density at radius 1 is 1.35 bits per heavy atom. The molecule has 7 heteroatoms. The van der Waals surface area contributed by atoms with Gasteiger partial charge in [-0.05, 0) is 13.8 Å². The molecule has 20 heavy (non-hydrogen) atoms. The highest BCUT2D eigenvalue weighted by Gasteiger charge is 2.09. The summed E-state index contributed by atoms with van der Waals surface area (Å²) in [6.45, 7) is 4.42. The highest BCUT2D eigenvalue weighted by molar-refractivity contribution is 6.29. The predicted molar refractivity (Wildman–Crippen MR) is 79.0 cm³/mol. The standard InChI is InChI=1S/C13H16ClN5O/c1-7-5-16-9(8(2)12(7)20-3)6-17-11-4-10(14)18-13(15)19-11/h4-5H,6H2,1-3H3,(H3,15,17,18,19). The molecule has 3 N–H and O–H groups in total. The van der Waals surface area contributed by atoms with E-state index in [0.29, 0.717) is 17.5 Å². The minimum atomic E-state index is 0.131. The van der Waals surface area contributed by atoms with E-state index in [9.17, 15) is 0 Å². The Balaban J connectivity index is 2.19. The van der Waals surface area contributed by atoms with E-state index >= 15 is 0 Å². The van der Waals surface area contributed by atoms with Gasteiger partial charge in [0.05, 0.1) is 19.3 Å². The first kappa shape index (κ1) is 14.3. The monoisotopic (exact) mass is 293 g/mol. The Labute approximate surface area is 122 Å². The molecule has 0 atom stereocenters. The molecule has 0 aromatic carbocycles. The summed E-state index contributed by atoms with van der Waals surface area (Å²) in [7, 11) is 1.65. The number of aryl methyl sites for hydroxylation is 1. The van der Waals surface area contributed by atoms with Crippen molar-refractivity contribution in [2.24, 2.45) is 0 Å². The van der Waals surface area contributed by atoms with Crippen molar-refractivity contribution in [2.75, 3.05) is 18.2 Å². The Morgan fingerprint density at radius 2 is 2.10 bits per heavy atom. The van der Waals surface area contributed by atoms with E-state index in [1.807, 2.05) is 13.8 Å². The number of nitrogens with two attached hydrogens (primary N) is 1. The van der Waals surface area contributed by atoms with Gasteiger partial charge in [0.2, 0.25) is 5.95 Å². The second kappa shape index (κ2) is 5.92. The lowest BCUT2D eigenvalue weighted by atomic mass is 10.1. The maximum Gasteiger partial charge on any atom is 0.223 e. The van der Waals surface area contributed by atoms with Gasteiger partial charge in [-0.1, -0.05) is 11.6 Å². The summed E-state index contributed by atoms with van der Waals surface area (Å²) in [5.41, 5.74) is 8.41. The van der Waals surface area contributed by atoms with Gasteiger partial charge in [-0.2, -0.15) is 4.98 Å². The molecule has 0 saturated heterocycles. The molecule has 2 heterocycles. The third-order valence-corrected chi connectivity index (χ3v) is 3.09. The third-order valence-electron chi connectivity index (χ3n) is 2.90. The molecule has 0 spiro atoms. The molecule has 0 bridgehead atoms. The van der Waals surface area contributed by atoms with Crippen LogP contribution in [-0.4, -0.2) is 22.1 Å². The summed E-state index contributed by atoms with van der Waals surface area (Å²) in [4.78, 5) is 12.2. The van der Waals surface area contributed by atoms with Gasteiger partial charge in [0.1, 0.15) is 16.7 Å². The number of anilines is 2. The summed E-state index contributed by atoms with van der Waals surface area (Å²) in [5.74, 6) is 1.53. The topological polar surface area (TPSA) is 86.0 Å². The maximum atomic E-state index is 5.82. The fraction of sp³-hybridized carbons (Fsp3) is 0.308. The zero-order valence-corrected chi connectivity index (χ0v) is 12.3. The van der Waals surface area contributed by atoms with Gasteiger partial charge in [0.15, 0.2) is 0 Å². The Morgan fingerprint density at radius 3 is 2.75 bits per heavy atom. The van der Waals surface area contributed by atoms with Crippen LogP contribution in [-0.2, 0) is 6.54 Å². The second-order valence-corrected chi connectivity index (χ2v) is 4.72. The molecular weight excluding hydrogens is 278 g/mol. The molecule has 106 valence electrons. The van der Waals surface area contributed by atoms with Crippen LogP contribution in [0.3, 0.4) is 0 Å². The van der Waals surface area contributed by atoms with Crippen molar-refractivity contribution < 1.29 is 4.74 Å². The quantitative estimate of drug-likeness (QED) is 0.842. The van der Waals surface area contributed by atoms with Gasteiger partial charge in [0.25, 0.3) is 0 Å². The van der Waals surface area contributed by atoms with E-state index in [-0.39, 0.29) is 5.95 Å². The van der Waals surface area contributed by atoms with Crippen molar-refractivity contribution in [3.05, 3.63) is 34.2 Å². The Kier molecular flexibility index (Phi) is 4.24. The van der Waals surface area contributed by atoms with Crippen LogP contribution < -0.4 is 15.8 Å². The lowest BCUT2D eigenvalue weighted by molar-refractivity contribution is 0.407. The minimum Gasteiger partial charge on any atom is -0.496 e. The van der Waals surface area contributed by atoms with Crippen LogP contribution in [0.5, 0.6) is 5.75 Å². The van der Waals surface area contributed by atoms with Gasteiger partial charge >= 0.3 is 0 Å². The summed E-state index contributed by atoms with van der Waals surface area (Å²) in [6.07, 6.45) is 1.78. The molecule has 0 fully saturated rings. The van der Waals surface area contributed by atoms with Crippen molar-refractivity contribution >= 4 is 23.4 Å². The molecule has 0 saturated carbocycles. The van der Waals surface area contributed by atoms with Crippen LogP contribution in [0.2, 0.25) is 5.15 Å². The molecule has 0 aliphatic rings. The molecule has 0 radical (unpaired) electrons. The van der Waals surface area contributed by atoms with Gasteiger partial charge in [-0.15, -0.1) is 0 Å². The van der Waals surface area contributed by atoms with Gasteiger partial charge in [0, 0.05) is 23.4 Å². The number of nitrogens with one attached hydrogen (secondary N) is 1. The number of ether oxygens (including phenoxy) is 1. The lowest BCUT2D eigenvalue weighted by Gasteiger charge is -2.13. The fourth-order valence-electron chi connectivity index (χ4n) is 1.95. The molecule has 2 aromatic rings. The number of rotatable bonds is 4. The van der Waals surface area contributed by atoms with E-state index in [0.717, 1.165) is 22.6 Å². The van der Waals surface area contributed by atoms with Crippen LogP contribution in [0, 0.1) is 13.8 Å². The molecule has 2 aromatic heterocycles. The Bertz CT molecular complexity index is 612. The van der Waals surface area contributed by atoms with Crippen molar-refractivity contribution in [1.29, 1.82) is 0 Å². The Hall–Kier alpha value is -2.08. The number of halogens is 1. The highest BCUT2D eigenvalue weighted by atomic mass is 35.5. The van der Waals surface area contributed by atoms with Crippen LogP contribution in [0.15, 0.2) is 12.3 Å². The molecule has 6 nitrogen and oxygen atoms in total. The molecule has 0 aliphatic carbocycles. The maximum absolute atomic E-state index is 5.82. The summed E-state index contributed by atoms with van der Waals surface area (Å²) in [5, 5.41) is 3.42. The third kappa shape index (κ3) is 3.08. The van der Waals surface area contributed by atoms with E-state index in [1.165, 1.54) is 0 Å². The molecule has 0 aliphatic heterocycles. The number of pyridine rings is 1. The van der Waals surface area contributed by atoms with Crippen molar-refractivity contribution in [1.82, 2.24) is 15.0 Å². The SMILES string of the molecule is COc1c(C)cnc(CNc2cc(Cl)nc(N)n2)c1C. The summed E-state index contributed by atoms with van der Waals surface area (Å²) in [6, 6.07) is 1.61. The lowest BCUT2D eigenvalue weighted by Crippen LogP contribution is -2.08. The first-order chi connectivity index (χ1) is 9.51. The normalized spacial score (nSPS) is 10.4. The van der Waals surface area contributed by atoms with Crippen LogP contribution in [0.25, 0.3) is 0 Å². The van der Waals surface area contributed by atoms with E-state index in [1.54, 1.807) is 19.4 Å². The minimum absolute atomic E-state index is 0.131. The fourth-order valence-corrected chi connectivity index (χ4v) is 2.14. The zero-order chi connectivity index (χ0) is 14.7. The number of methoxy groups -OCH3 is 1. The van der Waals surface area contributed by atoms with Gasteiger partial charge in [-0.25, -0.2) is 4.98 Å². The van der Waals surface area contributed by atoms with Crippen LogP contribution in [0.1, 0.15) is 16.8 Å². The molecule has 2 rings (SSSR count). The molecule has 0 amide bonds. The number of hydrogen-bond donors (Lipinski definition) is 2. The number of aromatic nitrogens is 3. The van der Waals surface area contributed by atoms with Gasteiger partial charge < -0.3 is 15.8 Å².